The predicted octanol–water partition coefficient (Wildman–Crippen LogP) is 0.760. The monoisotopic (exact) mass is 203 g/mol. The topological polar surface area (TPSA) is 67.2 Å². The molecule has 0 fully saturated rings. The molecule has 0 aliphatic carbocycles. The summed E-state index contributed by atoms with van der Waals surface area (Å²) in [4.78, 5) is 11.5. The molecule has 0 heterocycles. The number of thiocarbonyl (C=S) groups is 1. The standard InChI is InChI=1S/C8H17N3OS/c1-3-6(5-7(9)13)11-8(12)10-4-2/h6H,3-5H2,1-2H3,(H2,9,13)(H2,10,11,12). The third-order valence-electron chi connectivity index (χ3n) is 1.61. The van der Waals surface area contributed by atoms with Crippen molar-refractivity contribution >= 4 is 23.2 Å². The summed E-state index contributed by atoms with van der Waals surface area (Å²) in [5, 5.41) is 5.43. The van der Waals surface area contributed by atoms with Crippen LogP contribution < -0.4 is 16.4 Å². The lowest BCUT2D eigenvalue weighted by Crippen LogP contribution is -2.43. The largest absolute Gasteiger partial charge is 0.393 e. The van der Waals surface area contributed by atoms with Crippen LogP contribution in [-0.4, -0.2) is 23.6 Å². The van der Waals surface area contributed by atoms with Gasteiger partial charge >= 0.3 is 6.03 Å². The van der Waals surface area contributed by atoms with Gasteiger partial charge in [0.05, 0.1) is 4.99 Å². The second kappa shape index (κ2) is 6.65. The molecule has 0 aromatic heterocycles. The van der Waals surface area contributed by atoms with Crippen molar-refractivity contribution < 1.29 is 4.79 Å². The van der Waals surface area contributed by atoms with Crippen LogP contribution in [0.2, 0.25) is 0 Å². The van der Waals surface area contributed by atoms with Gasteiger partial charge in [0.15, 0.2) is 0 Å². The van der Waals surface area contributed by atoms with Crippen LogP contribution in [0.5, 0.6) is 0 Å². The summed E-state index contributed by atoms with van der Waals surface area (Å²) in [5.74, 6) is 0. The van der Waals surface area contributed by atoms with Gasteiger partial charge in [0.2, 0.25) is 0 Å². The van der Waals surface area contributed by atoms with Crippen LogP contribution in [0.25, 0.3) is 0 Å². The number of rotatable bonds is 5. The predicted molar refractivity (Wildman–Crippen MR) is 57.7 cm³/mol. The van der Waals surface area contributed by atoms with Gasteiger partial charge in [-0.05, 0) is 13.3 Å². The SMILES string of the molecule is CCNC(=O)NC(CC)CC(N)=S. The Kier molecular flexibility index (Phi) is 6.22. The van der Waals surface area contributed by atoms with E-state index in [4.69, 9.17) is 18.0 Å². The van der Waals surface area contributed by atoms with E-state index in [1.807, 2.05) is 13.8 Å². The molecule has 1 unspecified atom stereocenters. The zero-order chi connectivity index (χ0) is 10.3. The average molecular weight is 203 g/mol. The minimum Gasteiger partial charge on any atom is -0.393 e. The lowest BCUT2D eigenvalue weighted by Gasteiger charge is -2.16. The molecule has 1 atom stereocenters. The third-order valence-corrected chi connectivity index (χ3v) is 1.78. The molecule has 0 spiro atoms. The Morgan fingerprint density at radius 2 is 2.15 bits per heavy atom. The number of amides is 2. The Bertz CT molecular complexity index is 184. The fraction of sp³-hybridized carbons (Fsp3) is 0.750. The normalized spacial score (nSPS) is 11.8. The van der Waals surface area contributed by atoms with E-state index in [-0.39, 0.29) is 12.1 Å². The molecule has 0 radical (unpaired) electrons. The maximum absolute atomic E-state index is 11.1. The highest BCUT2D eigenvalue weighted by molar-refractivity contribution is 7.80. The van der Waals surface area contributed by atoms with E-state index in [1.54, 1.807) is 0 Å². The fourth-order valence-electron chi connectivity index (χ4n) is 0.937. The number of carbonyl (C=O) groups excluding carboxylic acids is 1. The van der Waals surface area contributed by atoms with Crippen LogP contribution in [0.3, 0.4) is 0 Å². The first-order valence-corrected chi connectivity index (χ1v) is 4.83. The van der Waals surface area contributed by atoms with Crippen molar-refractivity contribution in [2.75, 3.05) is 6.54 Å². The zero-order valence-electron chi connectivity index (χ0n) is 8.09. The maximum Gasteiger partial charge on any atom is 0.315 e. The van der Waals surface area contributed by atoms with Gasteiger partial charge in [-0.2, -0.15) is 0 Å². The number of urea groups is 1. The van der Waals surface area contributed by atoms with Crippen LogP contribution >= 0.6 is 12.2 Å². The van der Waals surface area contributed by atoms with Gasteiger partial charge in [-0.1, -0.05) is 19.1 Å². The van der Waals surface area contributed by atoms with Crippen molar-refractivity contribution in [3.8, 4) is 0 Å². The van der Waals surface area contributed by atoms with Crippen molar-refractivity contribution in [2.24, 2.45) is 5.73 Å². The zero-order valence-corrected chi connectivity index (χ0v) is 8.91. The van der Waals surface area contributed by atoms with Gasteiger partial charge in [0.25, 0.3) is 0 Å². The summed E-state index contributed by atoms with van der Waals surface area (Å²) in [6.07, 6.45) is 1.39. The molecule has 4 N–H and O–H groups in total. The third kappa shape index (κ3) is 6.33. The Balaban J connectivity index is 3.83. The summed E-state index contributed by atoms with van der Waals surface area (Å²) in [7, 11) is 0. The molecule has 0 aliphatic rings. The molecule has 0 saturated heterocycles. The van der Waals surface area contributed by atoms with Gasteiger partial charge in [-0.3, -0.25) is 0 Å². The van der Waals surface area contributed by atoms with E-state index >= 15 is 0 Å². The Hall–Kier alpha value is -0.840. The quantitative estimate of drug-likeness (QED) is 0.578. The minimum absolute atomic E-state index is 0.0454. The number of carbonyl (C=O) groups is 1. The Labute approximate surface area is 84.3 Å². The molecule has 0 rings (SSSR count). The smallest absolute Gasteiger partial charge is 0.315 e. The van der Waals surface area contributed by atoms with E-state index in [2.05, 4.69) is 10.6 Å². The van der Waals surface area contributed by atoms with Gasteiger partial charge in [-0.15, -0.1) is 0 Å². The summed E-state index contributed by atoms with van der Waals surface area (Å²) in [6, 6.07) is -0.116. The van der Waals surface area contributed by atoms with E-state index in [9.17, 15) is 4.79 Å². The van der Waals surface area contributed by atoms with Crippen molar-refractivity contribution in [2.45, 2.75) is 32.7 Å². The summed E-state index contributed by atoms with van der Waals surface area (Å²) < 4.78 is 0. The number of nitrogens with two attached hydrogens (primary N) is 1. The second-order valence-corrected chi connectivity index (χ2v) is 3.30. The molecule has 2 amide bonds. The van der Waals surface area contributed by atoms with Crippen LogP contribution in [0.15, 0.2) is 0 Å². The molecular weight excluding hydrogens is 186 g/mol. The molecular formula is C8H17N3OS. The Morgan fingerprint density at radius 3 is 2.54 bits per heavy atom. The first kappa shape index (κ1) is 12.2. The lowest BCUT2D eigenvalue weighted by molar-refractivity contribution is 0.237. The summed E-state index contributed by atoms with van der Waals surface area (Å²) in [6.45, 7) is 4.47. The maximum atomic E-state index is 11.1. The van der Waals surface area contributed by atoms with Crippen molar-refractivity contribution in [3.63, 3.8) is 0 Å². The highest BCUT2D eigenvalue weighted by atomic mass is 32.1. The average Bonchev–Trinajstić information content (AvgIpc) is 2.02. The first-order chi connectivity index (χ1) is 6.10. The Morgan fingerprint density at radius 1 is 1.54 bits per heavy atom. The molecule has 76 valence electrons. The molecule has 13 heavy (non-hydrogen) atoms. The summed E-state index contributed by atoms with van der Waals surface area (Å²) >= 11 is 4.76. The lowest BCUT2D eigenvalue weighted by atomic mass is 10.1. The summed E-state index contributed by atoms with van der Waals surface area (Å²) in [5.41, 5.74) is 5.38. The second-order valence-electron chi connectivity index (χ2n) is 2.78. The minimum atomic E-state index is -0.161. The van der Waals surface area contributed by atoms with Gasteiger partial charge in [0, 0.05) is 19.0 Å². The molecule has 0 aromatic rings. The fourth-order valence-corrected chi connectivity index (χ4v) is 1.14. The van der Waals surface area contributed by atoms with Crippen LogP contribution in [-0.2, 0) is 0 Å². The highest BCUT2D eigenvalue weighted by Crippen LogP contribution is 1.97. The van der Waals surface area contributed by atoms with E-state index in [1.165, 1.54) is 0 Å². The first-order valence-electron chi connectivity index (χ1n) is 4.42. The van der Waals surface area contributed by atoms with E-state index in [0.717, 1.165) is 6.42 Å². The van der Waals surface area contributed by atoms with Gasteiger partial charge < -0.3 is 16.4 Å². The van der Waals surface area contributed by atoms with Crippen LogP contribution in [0.1, 0.15) is 26.7 Å². The van der Waals surface area contributed by atoms with Crippen molar-refractivity contribution in [3.05, 3.63) is 0 Å². The molecule has 5 heteroatoms. The molecule has 0 aliphatic heterocycles. The van der Waals surface area contributed by atoms with E-state index < -0.39 is 0 Å². The van der Waals surface area contributed by atoms with Crippen LogP contribution in [0, 0.1) is 0 Å². The number of hydrogen-bond donors (Lipinski definition) is 3. The van der Waals surface area contributed by atoms with Gasteiger partial charge in [0.1, 0.15) is 0 Å². The van der Waals surface area contributed by atoms with Crippen molar-refractivity contribution in [1.29, 1.82) is 0 Å². The van der Waals surface area contributed by atoms with E-state index in [0.29, 0.717) is 18.0 Å². The molecule has 4 nitrogen and oxygen atoms in total. The number of hydrogen-bond acceptors (Lipinski definition) is 2. The van der Waals surface area contributed by atoms with Crippen molar-refractivity contribution in [1.82, 2.24) is 10.6 Å². The van der Waals surface area contributed by atoms with Gasteiger partial charge in [-0.25, -0.2) is 4.79 Å². The highest BCUT2D eigenvalue weighted by Gasteiger charge is 2.09. The number of nitrogens with one attached hydrogen (secondary N) is 2. The molecule has 0 aromatic carbocycles. The molecule has 0 bridgehead atoms. The molecule has 0 saturated carbocycles. The van der Waals surface area contributed by atoms with Crippen LogP contribution in [0.4, 0.5) is 4.79 Å².